The highest BCUT2D eigenvalue weighted by atomic mass is 19.4. The number of rotatable bonds is 2. The number of nitrogens with one attached hydrogen (secondary N) is 1. The van der Waals surface area contributed by atoms with E-state index in [2.05, 4.69) is 10.3 Å². The number of alkyl halides is 3. The van der Waals surface area contributed by atoms with E-state index in [1.165, 1.54) is 12.1 Å². The topological polar surface area (TPSA) is 58.3 Å². The maximum absolute atomic E-state index is 12.4. The van der Waals surface area contributed by atoms with E-state index in [-0.39, 0.29) is 0 Å². The van der Waals surface area contributed by atoms with E-state index in [0.717, 1.165) is 17.7 Å². The quantitative estimate of drug-likeness (QED) is 0.671. The molecule has 148 valence electrons. The van der Waals surface area contributed by atoms with Gasteiger partial charge in [0.05, 0.1) is 17.4 Å². The van der Waals surface area contributed by atoms with Crippen LogP contribution in [-0.2, 0) is 11.8 Å². The number of piperidine rings is 1. The molecule has 1 aliphatic heterocycles. The van der Waals surface area contributed by atoms with Crippen molar-refractivity contribution in [1.82, 2.24) is 10.3 Å². The zero-order valence-electron chi connectivity index (χ0n) is 15.1. The van der Waals surface area contributed by atoms with Crippen LogP contribution in [-0.4, -0.2) is 23.2 Å². The predicted molar refractivity (Wildman–Crippen MR) is 99.4 cm³/mol. The highest BCUT2D eigenvalue weighted by Gasteiger charge is 2.33. The second-order valence-corrected chi connectivity index (χ2v) is 6.56. The molecule has 2 N–H and O–H groups in total. The Balaban J connectivity index is 0.000000176. The minimum atomic E-state index is -4.32. The molecule has 7 heteroatoms. The molecule has 2 aromatic carbocycles. The van der Waals surface area contributed by atoms with Crippen molar-refractivity contribution >= 4 is 0 Å². The fraction of sp³-hybridized carbons (Fsp3) is 0.286. The molecule has 2 heterocycles. The molecule has 1 aliphatic rings. The number of aromatic nitrogens is 1. The fourth-order valence-electron chi connectivity index (χ4n) is 3.05. The third-order valence-electron chi connectivity index (χ3n) is 4.63. The molecule has 0 bridgehead atoms. The van der Waals surface area contributed by atoms with Gasteiger partial charge in [0.25, 0.3) is 0 Å². The van der Waals surface area contributed by atoms with Crippen LogP contribution in [0, 0.1) is 0 Å². The maximum atomic E-state index is 12.4. The van der Waals surface area contributed by atoms with Crippen molar-refractivity contribution in [3.05, 3.63) is 78.2 Å². The van der Waals surface area contributed by atoms with Crippen LogP contribution in [0.1, 0.15) is 24.0 Å². The molecular formula is C21H21F3N2O2. The van der Waals surface area contributed by atoms with Crippen LogP contribution in [0.15, 0.2) is 71.5 Å². The summed E-state index contributed by atoms with van der Waals surface area (Å²) in [6.45, 7) is 1.36. The number of hydrogen-bond acceptors (Lipinski definition) is 4. The van der Waals surface area contributed by atoms with E-state index in [0.29, 0.717) is 37.4 Å². The van der Waals surface area contributed by atoms with Gasteiger partial charge in [-0.15, -0.1) is 0 Å². The minimum absolute atomic E-state index is 0.526. The Morgan fingerprint density at radius 2 is 1.61 bits per heavy atom. The number of nitrogens with zero attached hydrogens (tertiary/aromatic N) is 1. The third kappa shape index (κ3) is 4.99. The molecule has 1 aromatic heterocycles. The van der Waals surface area contributed by atoms with Gasteiger partial charge < -0.3 is 14.8 Å². The van der Waals surface area contributed by atoms with Crippen LogP contribution in [0.4, 0.5) is 13.2 Å². The maximum Gasteiger partial charge on any atom is 0.416 e. The highest BCUT2D eigenvalue weighted by molar-refractivity contribution is 5.51. The highest BCUT2D eigenvalue weighted by Crippen LogP contribution is 2.34. The summed E-state index contributed by atoms with van der Waals surface area (Å²) >= 11 is 0. The van der Waals surface area contributed by atoms with Crippen LogP contribution in [0.3, 0.4) is 0 Å². The normalized spacial score (nSPS) is 16.1. The van der Waals surface area contributed by atoms with Gasteiger partial charge in [-0.3, -0.25) is 0 Å². The Kier molecular flexibility index (Phi) is 6.16. The number of oxazole rings is 1. The van der Waals surface area contributed by atoms with Gasteiger partial charge in [-0.1, -0.05) is 30.3 Å². The summed E-state index contributed by atoms with van der Waals surface area (Å²) < 4.78 is 42.3. The van der Waals surface area contributed by atoms with E-state index in [1.807, 2.05) is 30.3 Å². The van der Waals surface area contributed by atoms with Crippen LogP contribution in [0.5, 0.6) is 0 Å². The molecule has 0 spiro atoms. The molecule has 0 unspecified atom stereocenters. The van der Waals surface area contributed by atoms with Crippen LogP contribution >= 0.6 is 0 Å². The van der Waals surface area contributed by atoms with Gasteiger partial charge in [0.1, 0.15) is 6.26 Å². The first-order valence-corrected chi connectivity index (χ1v) is 8.94. The van der Waals surface area contributed by atoms with Crippen molar-refractivity contribution in [2.75, 3.05) is 13.1 Å². The summed E-state index contributed by atoms with van der Waals surface area (Å²) in [7, 11) is 0. The molecule has 0 atom stereocenters. The van der Waals surface area contributed by atoms with E-state index < -0.39 is 17.3 Å². The standard InChI is InChI=1S/C12H14F3NO.C9H7NO/c13-12(14,15)10-3-1-9(2-4-10)11(17)5-7-16-8-6-11;1-2-4-8(5-3-1)9-10-6-7-11-9/h1-4,16-17H,5-8H2;1-7H. The molecule has 3 aromatic rings. The Labute approximate surface area is 161 Å². The Hall–Kier alpha value is -2.64. The number of halogens is 3. The van der Waals surface area contributed by atoms with Gasteiger partial charge in [-0.25, -0.2) is 4.98 Å². The summed E-state index contributed by atoms with van der Waals surface area (Å²) in [5.41, 5.74) is -0.0988. The molecule has 4 rings (SSSR count). The average Bonchev–Trinajstić information content (AvgIpc) is 3.24. The number of benzene rings is 2. The first-order valence-electron chi connectivity index (χ1n) is 8.94. The third-order valence-corrected chi connectivity index (χ3v) is 4.63. The van der Waals surface area contributed by atoms with E-state index in [9.17, 15) is 18.3 Å². The largest absolute Gasteiger partial charge is 0.445 e. The van der Waals surface area contributed by atoms with Crippen molar-refractivity contribution < 1.29 is 22.7 Å². The molecule has 0 amide bonds. The minimum Gasteiger partial charge on any atom is -0.445 e. The summed E-state index contributed by atoms with van der Waals surface area (Å²) in [5, 5.41) is 13.4. The second-order valence-electron chi connectivity index (χ2n) is 6.56. The van der Waals surface area contributed by atoms with Crippen molar-refractivity contribution in [3.63, 3.8) is 0 Å². The van der Waals surface area contributed by atoms with Gasteiger partial charge in [-0.2, -0.15) is 13.2 Å². The van der Waals surface area contributed by atoms with E-state index in [4.69, 9.17) is 4.42 Å². The average molecular weight is 390 g/mol. The lowest BCUT2D eigenvalue weighted by Gasteiger charge is -2.33. The van der Waals surface area contributed by atoms with Crippen molar-refractivity contribution in [2.45, 2.75) is 24.6 Å². The number of hydrogen-bond donors (Lipinski definition) is 2. The first-order chi connectivity index (χ1) is 13.4. The van der Waals surface area contributed by atoms with E-state index >= 15 is 0 Å². The van der Waals surface area contributed by atoms with Crippen molar-refractivity contribution in [1.29, 1.82) is 0 Å². The molecule has 0 aliphatic carbocycles. The Morgan fingerprint density at radius 3 is 2.14 bits per heavy atom. The summed E-state index contributed by atoms with van der Waals surface area (Å²) in [6, 6.07) is 14.6. The SMILES string of the molecule is OC1(c2ccc(C(F)(F)F)cc2)CCNCC1.c1ccc(-c2ncco2)cc1. The lowest BCUT2D eigenvalue weighted by molar-refractivity contribution is -0.137. The second kappa shape index (κ2) is 8.58. The summed E-state index contributed by atoms with van der Waals surface area (Å²) in [4.78, 5) is 4.02. The van der Waals surface area contributed by atoms with Gasteiger partial charge in [0.15, 0.2) is 0 Å². The van der Waals surface area contributed by atoms with Gasteiger partial charge in [0, 0.05) is 5.56 Å². The fourth-order valence-corrected chi connectivity index (χ4v) is 3.05. The smallest absolute Gasteiger partial charge is 0.416 e. The van der Waals surface area contributed by atoms with Gasteiger partial charge >= 0.3 is 6.18 Å². The first kappa shape index (κ1) is 20.1. The molecule has 0 saturated carbocycles. The summed E-state index contributed by atoms with van der Waals surface area (Å²) in [5.74, 6) is 0.672. The van der Waals surface area contributed by atoms with Crippen molar-refractivity contribution in [3.8, 4) is 11.5 Å². The zero-order chi connectivity index (χ0) is 20.0. The molecule has 1 fully saturated rings. The Morgan fingerprint density at radius 1 is 0.964 bits per heavy atom. The zero-order valence-corrected chi connectivity index (χ0v) is 15.1. The van der Waals surface area contributed by atoms with Gasteiger partial charge in [-0.05, 0) is 55.8 Å². The lowest BCUT2D eigenvalue weighted by Crippen LogP contribution is -2.39. The molecule has 1 saturated heterocycles. The van der Waals surface area contributed by atoms with Crippen LogP contribution in [0.25, 0.3) is 11.5 Å². The Bertz CT molecular complexity index is 842. The molecule has 0 radical (unpaired) electrons. The lowest BCUT2D eigenvalue weighted by atomic mass is 9.85. The van der Waals surface area contributed by atoms with E-state index in [1.54, 1.807) is 12.5 Å². The predicted octanol–water partition coefficient (Wildman–Crippen LogP) is 4.62. The van der Waals surface area contributed by atoms with Crippen LogP contribution < -0.4 is 5.32 Å². The van der Waals surface area contributed by atoms with Gasteiger partial charge in [0.2, 0.25) is 5.89 Å². The van der Waals surface area contributed by atoms with Crippen molar-refractivity contribution in [2.24, 2.45) is 0 Å². The monoisotopic (exact) mass is 390 g/mol. The molecule has 4 nitrogen and oxygen atoms in total. The van der Waals surface area contributed by atoms with Crippen LogP contribution in [0.2, 0.25) is 0 Å². The summed E-state index contributed by atoms with van der Waals surface area (Å²) in [6.07, 6.45) is -0.0589. The molecular weight excluding hydrogens is 369 g/mol. The molecule has 28 heavy (non-hydrogen) atoms. The number of aliphatic hydroxyl groups is 1.